The molecule has 3 heterocycles. The highest BCUT2D eigenvalue weighted by Gasteiger charge is 2.17. The monoisotopic (exact) mass is 268 g/mol. The Morgan fingerprint density at radius 1 is 1.00 bits per heavy atom. The average Bonchev–Trinajstić information content (AvgIpc) is 2.49. The molecule has 4 heteroatoms. The maximum Gasteiger partial charge on any atom is 0.128 e. The number of hydrogen-bond donors (Lipinski definition) is 0. The molecule has 0 spiro atoms. The number of aromatic nitrogens is 2. The summed E-state index contributed by atoms with van der Waals surface area (Å²) in [5, 5.41) is 0. The van der Waals surface area contributed by atoms with E-state index in [9.17, 15) is 0 Å². The van der Waals surface area contributed by atoms with Gasteiger partial charge in [0, 0.05) is 51.3 Å². The van der Waals surface area contributed by atoms with Gasteiger partial charge in [0.2, 0.25) is 0 Å². The Kier molecular flexibility index (Phi) is 3.92. The molecule has 20 heavy (non-hydrogen) atoms. The lowest BCUT2D eigenvalue weighted by Gasteiger charge is -2.35. The van der Waals surface area contributed by atoms with Crippen molar-refractivity contribution in [3.05, 3.63) is 54.0 Å². The van der Waals surface area contributed by atoms with Gasteiger partial charge >= 0.3 is 0 Å². The zero-order valence-electron chi connectivity index (χ0n) is 11.9. The predicted molar refractivity (Wildman–Crippen MR) is 80.7 cm³/mol. The maximum atomic E-state index is 4.47. The van der Waals surface area contributed by atoms with Crippen molar-refractivity contribution < 1.29 is 0 Å². The topological polar surface area (TPSA) is 32.3 Å². The van der Waals surface area contributed by atoms with Gasteiger partial charge in [-0.15, -0.1) is 0 Å². The van der Waals surface area contributed by atoms with E-state index in [1.807, 2.05) is 24.7 Å². The summed E-state index contributed by atoms with van der Waals surface area (Å²) in [6.45, 7) is 7.38. The van der Waals surface area contributed by atoms with Crippen LogP contribution in [0.1, 0.15) is 11.1 Å². The van der Waals surface area contributed by atoms with Crippen molar-refractivity contribution >= 4 is 5.82 Å². The summed E-state index contributed by atoms with van der Waals surface area (Å²) in [4.78, 5) is 13.4. The van der Waals surface area contributed by atoms with Crippen LogP contribution in [0.25, 0.3) is 0 Å². The van der Waals surface area contributed by atoms with Gasteiger partial charge in [0.05, 0.1) is 0 Å². The van der Waals surface area contributed by atoms with Crippen molar-refractivity contribution in [1.29, 1.82) is 0 Å². The molecule has 2 aromatic heterocycles. The van der Waals surface area contributed by atoms with Crippen LogP contribution in [-0.4, -0.2) is 41.0 Å². The number of rotatable bonds is 3. The molecule has 0 radical (unpaired) electrons. The van der Waals surface area contributed by atoms with Gasteiger partial charge in [0.1, 0.15) is 5.82 Å². The molecule has 1 aliphatic rings. The highest BCUT2D eigenvalue weighted by molar-refractivity contribution is 5.41. The van der Waals surface area contributed by atoms with E-state index in [0.29, 0.717) is 0 Å². The summed E-state index contributed by atoms with van der Waals surface area (Å²) in [6.07, 6.45) is 5.62. The zero-order valence-corrected chi connectivity index (χ0v) is 11.9. The summed E-state index contributed by atoms with van der Waals surface area (Å²) in [5.41, 5.74) is 2.61. The fourth-order valence-corrected chi connectivity index (χ4v) is 2.57. The minimum atomic E-state index is 1.01. The normalized spacial score (nSPS) is 16.4. The van der Waals surface area contributed by atoms with Gasteiger partial charge in [-0.05, 0) is 42.3 Å². The Balaban J connectivity index is 1.57. The number of aryl methyl sites for hydroxylation is 1. The second kappa shape index (κ2) is 6.01. The number of hydrogen-bond acceptors (Lipinski definition) is 4. The quantitative estimate of drug-likeness (QED) is 0.853. The van der Waals surface area contributed by atoms with Crippen LogP contribution in [0.15, 0.2) is 42.9 Å². The summed E-state index contributed by atoms with van der Waals surface area (Å²) < 4.78 is 0. The van der Waals surface area contributed by atoms with Gasteiger partial charge in [-0.1, -0.05) is 0 Å². The predicted octanol–water partition coefficient (Wildman–Crippen LogP) is 2.11. The molecule has 0 amide bonds. The van der Waals surface area contributed by atoms with Gasteiger partial charge in [-0.3, -0.25) is 9.88 Å². The minimum absolute atomic E-state index is 1.01. The Bertz CT molecular complexity index is 547. The molecule has 0 atom stereocenters. The zero-order chi connectivity index (χ0) is 13.8. The third kappa shape index (κ3) is 3.14. The summed E-state index contributed by atoms with van der Waals surface area (Å²) in [7, 11) is 0. The second-order valence-corrected chi connectivity index (χ2v) is 5.31. The first-order valence-electron chi connectivity index (χ1n) is 7.10. The molecule has 3 rings (SSSR count). The van der Waals surface area contributed by atoms with E-state index in [-0.39, 0.29) is 0 Å². The van der Waals surface area contributed by atoms with E-state index in [1.165, 1.54) is 11.1 Å². The van der Waals surface area contributed by atoms with Crippen molar-refractivity contribution in [2.45, 2.75) is 13.5 Å². The van der Waals surface area contributed by atoms with E-state index < -0.39 is 0 Å². The lowest BCUT2D eigenvalue weighted by Crippen LogP contribution is -2.46. The van der Waals surface area contributed by atoms with Crippen molar-refractivity contribution in [2.24, 2.45) is 0 Å². The first kappa shape index (κ1) is 13.1. The lowest BCUT2D eigenvalue weighted by molar-refractivity contribution is 0.249. The molecule has 1 aliphatic heterocycles. The van der Waals surface area contributed by atoms with Crippen LogP contribution in [0, 0.1) is 6.92 Å². The standard InChI is InChI=1S/C16H20N4/c1-14-2-7-18-16(12-14)20-10-8-19(9-11-20)13-15-3-5-17-6-4-15/h2-7,12H,8-11,13H2,1H3. The van der Waals surface area contributed by atoms with Crippen molar-refractivity contribution in [2.75, 3.05) is 31.1 Å². The third-order valence-corrected chi connectivity index (χ3v) is 3.75. The first-order chi connectivity index (χ1) is 9.81. The smallest absolute Gasteiger partial charge is 0.128 e. The van der Waals surface area contributed by atoms with Gasteiger partial charge < -0.3 is 4.90 Å². The molecule has 0 unspecified atom stereocenters. The van der Waals surface area contributed by atoms with E-state index in [1.54, 1.807) is 0 Å². The second-order valence-electron chi connectivity index (χ2n) is 5.31. The van der Waals surface area contributed by atoms with Crippen molar-refractivity contribution in [3.8, 4) is 0 Å². The van der Waals surface area contributed by atoms with Gasteiger partial charge in [-0.2, -0.15) is 0 Å². The first-order valence-corrected chi connectivity index (χ1v) is 7.10. The molecule has 104 valence electrons. The maximum absolute atomic E-state index is 4.47. The molecule has 1 saturated heterocycles. The molecule has 1 fully saturated rings. The van der Waals surface area contributed by atoms with Crippen LogP contribution < -0.4 is 4.90 Å². The lowest BCUT2D eigenvalue weighted by atomic mass is 10.2. The van der Waals surface area contributed by atoms with E-state index in [4.69, 9.17) is 0 Å². The molecule has 0 aliphatic carbocycles. The fourth-order valence-electron chi connectivity index (χ4n) is 2.57. The van der Waals surface area contributed by atoms with Crippen molar-refractivity contribution in [1.82, 2.24) is 14.9 Å². The Labute approximate surface area is 120 Å². The number of pyridine rings is 2. The summed E-state index contributed by atoms with van der Waals surface area (Å²) >= 11 is 0. The third-order valence-electron chi connectivity index (χ3n) is 3.75. The van der Waals surface area contributed by atoms with Crippen LogP contribution in [-0.2, 0) is 6.54 Å². The van der Waals surface area contributed by atoms with Crippen LogP contribution in [0.2, 0.25) is 0 Å². The molecular weight excluding hydrogens is 248 g/mol. The summed E-state index contributed by atoms with van der Waals surface area (Å²) in [6, 6.07) is 8.39. The molecule has 0 bridgehead atoms. The number of nitrogens with zero attached hydrogens (tertiary/aromatic N) is 4. The molecular formula is C16H20N4. The van der Waals surface area contributed by atoms with Gasteiger partial charge in [0.25, 0.3) is 0 Å². The van der Waals surface area contributed by atoms with Crippen LogP contribution in [0.3, 0.4) is 0 Å². The Morgan fingerprint density at radius 3 is 2.45 bits per heavy atom. The highest BCUT2D eigenvalue weighted by atomic mass is 15.3. The van der Waals surface area contributed by atoms with Crippen LogP contribution in [0.4, 0.5) is 5.82 Å². The summed E-state index contributed by atoms with van der Waals surface area (Å²) in [5.74, 6) is 1.11. The highest BCUT2D eigenvalue weighted by Crippen LogP contribution is 2.15. The minimum Gasteiger partial charge on any atom is -0.354 e. The molecule has 2 aromatic rings. The molecule has 0 aromatic carbocycles. The van der Waals surface area contributed by atoms with E-state index in [0.717, 1.165) is 38.5 Å². The largest absolute Gasteiger partial charge is 0.354 e. The SMILES string of the molecule is Cc1ccnc(N2CCN(Cc3ccncc3)CC2)c1. The van der Waals surface area contributed by atoms with Crippen molar-refractivity contribution in [3.63, 3.8) is 0 Å². The number of anilines is 1. The molecule has 0 N–H and O–H groups in total. The van der Waals surface area contributed by atoms with Crippen LogP contribution in [0.5, 0.6) is 0 Å². The van der Waals surface area contributed by atoms with E-state index in [2.05, 4.69) is 44.9 Å². The Hall–Kier alpha value is -1.94. The van der Waals surface area contributed by atoms with Gasteiger partial charge in [-0.25, -0.2) is 4.98 Å². The molecule has 0 saturated carbocycles. The Morgan fingerprint density at radius 2 is 1.75 bits per heavy atom. The van der Waals surface area contributed by atoms with Crippen LogP contribution >= 0.6 is 0 Å². The van der Waals surface area contributed by atoms with Gasteiger partial charge in [0.15, 0.2) is 0 Å². The number of piperazine rings is 1. The average molecular weight is 268 g/mol. The van der Waals surface area contributed by atoms with E-state index >= 15 is 0 Å². The fraction of sp³-hybridized carbons (Fsp3) is 0.375. The molecule has 4 nitrogen and oxygen atoms in total.